The maximum absolute atomic E-state index is 11.6. The van der Waals surface area contributed by atoms with Crippen LogP contribution in [0.3, 0.4) is 0 Å². The van der Waals surface area contributed by atoms with Crippen LogP contribution < -0.4 is 0 Å². The molecule has 20 heavy (non-hydrogen) atoms. The summed E-state index contributed by atoms with van der Waals surface area (Å²) in [6.07, 6.45) is 1.44. The third-order valence-electron chi connectivity index (χ3n) is 2.17. The van der Waals surface area contributed by atoms with Crippen molar-refractivity contribution in [2.75, 3.05) is 27.5 Å². The molecule has 10 heteroatoms. The first-order valence-electron chi connectivity index (χ1n) is 5.44. The second-order valence-electron chi connectivity index (χ2n) is 4.20. The summed E-state index contributed by atoms with van der Waals surface area (Å²) in [5.74, 6) is 0. The third-order valence-corrected chi connectivity index (χ3v) is 4.54. The number of amides is 2. The highest BCUT2D eigenvalue weighted by molar-refractivity contribution is 7.95. The van der Waals surface area contributed by atoms with Crippen molar-refractivity contribution < 1.29 is 23.7 Å². The molecule has 0 bridgehead atoms. The van der Waals surface area contributed by atoms with Gasteiger partial charge in [-0.3, -0.25) is 4.84 Å². The molecule has 1 unspecified atom stereocenters. The molecule has 0 N–H and O–H groups in total. The van der Waals surface area contributed by atoms with Crippen molar-refractivity contribution in [3.8, 4) is 0 Å². The first-order chi connectivity index (χ1) is 9.11. The molecule has 0 spiro atoms. The van der Waals surface area contributed by atoms with Crippen LogP contribution in [0.2, 0.25) is 0 Å². The zero-order chi connectivity index (χ0) is 15.9. The van der Waals surface area contributed by atoms with E-state index in [2.05, 4.69) is 14.7 Å². The van der Waals surface area contributed by atoms with Crippen molar-refractivity contribution in [2.45, 2.75) is 18.6 Å². The zero-order valence-electron chi connectivity index (χ0n) is 12.3. The molecule has 0 aliphatic carbocycles. The summed E-state index contributed by atoms with van der Waals surface area (Å²) in [4.78, 5) is 27.3. The Kier molecular flexibility index (Phi) is 7.76. The van der Waals surface area contributed by atoms with Gasteiger partial charge in [-0.15, -0.1) is 0 Å². The molecule has 116 valence electrons. The average Bonchev–Trinajstić information content (AvgIpc) is 2.36. The summed E-state index contributed by atoms with van der Waals surface area (Å²) >= 11 is -0.358. The van der Waals surface area contributed by atoms with Crippen molar-refractivity contribution in [1.29, 1.82) is 0 Å². The van der Waals surface area contributed by atoms with E-state index in [1.54, 1.807) is 13.8 Å². The lowest BCUT2D eigenvalue weighted by molar-refractivity contribution is 0.135. The van der Waals surface area contributed by atoms with Crippen LogP contribution in [-0.2, 0) is 20.8 Å². The lowest BCUT2D eigenvalue weighted by Crippen LogP contribution is -2.33. The number of hydrogen-bond donors (Lipinski definition) is 0. The van der Waals surface area contributed by atoms with Gasteiger partial charge in [0.05, 0.1) is 31.7 Å². The second-order valence-corrected chi connectivity index (χ2v) is 7.42. The highest BCUT2D eigenvalue weighted by atomic mass is 32.2. The van der Waals surface area contributed by atoms with Crippen LogP contribution in [0.1, 0.15) is 13.8 Å². The minimum Gasteiger partial charge on any atom is -0.616 e. The van der Waals surface area contributed by atoms with E-state index in [-0.39, 0.29) is 0 Å². The molecule has 0 saturated carbocycles. The molecule has 0 fully saturated rings. The molecule has 0 heterocycles. The first kappa shape index (κ1) is 18.9. The monoisotopic (exact) mass is 325 g/mol. The van der Waals surface area contributed by atoms with Crippen LogP contribution in [-0.4, -0.2) is 63.8 Å². The molecule has 0 saturated heterocycles. The highest BCUT2D eigenvalue weighted by Crippen LogP contribution is 2.15. The molecule has 0 radical (unpaired) electrons. The Bertz CT molecular complexity index is 376. The van der Waals surface area contributed by atoms with Crippen LogP contribution in [0.15, 0.2) is 5.16 Å². The number of rotatable bonds is 5. The molecule has 2 amide bonds. The van der Waals surface area contributed by atoms with Gasteiger partial charge in [0.2, 0.25) is 0 Å². The van der Waals surface area contributed by atoms with Gasteiger partial charge in [-0.2, -0.15) is 0 Å². The molecule has 1 atom stereocenters. The first-order valence-corrected chi connectivity index (χ1v) is 7.73. The number of nitrogens with zero attached hydrogens (tertiary/aromatic N) is 3. The van der Waals surface area contributed by atoms with Crippen LogP contribution >= 0.6 is 12.1 Å². The Morgan fingerprint density at radius 3 is 2.25 bits per heavy atom. The summed E-state index contributed by atoms with van der Waals surface area (Å²) in [6, 6.07) is 0. The second kappa shape index (κ2) is 8.22. The van der Waals surface area contributed by atoms with Gasteiger partial charge in [0.15, 0.2) is 4.75 Å². The number of carbonyl (C=O) groups excluding carboxylic acids is 2. The normalized spacial score (nSPS) is 12.9. The third kappa shape index (κ3) is 6.35. The Hall–Kier alpha value is -1.13. The Balaban J connectivity index is 4.35. The molecule has 0 aliphatic heterocycles. The van der Waals surface area contributed by atoms with Gasteiger partial charge in [0.25, 0.3) is 0 Å². The van der Waals surface area contributed by atoms with Crippen molar-refractivity contribution in [1.82, 2.24) is 8.61 Å². The molecule has 0 aromatic rings. The highest BCUT2D eigenvalue weighted by Gasteiger charge is 2.26. The average molecular weight is 325 g/mol. The Morgan fingerprint density at radius 2 is 1.80 bits per heavy atom. The number of hydrogen-bond acceptors (Lipinski definition) is 7. The number of carbonyl (C=O) groups is 2. The molecule has 0 aromatic heterocycles. The summed E-state index contributed by atoms with van der Waals surface area (Å²) < 4.78 is 17.3. The summed E-state index contributed by atoms with van der Waals surface area (Å²) in [5.41, 5.74) is 0. The lowest BCUT2D eigenvalue weighted by Gasteiger charge is -2.21. The predicted molar refractivity (Wildman–Crippen MR) is 78.6 cm³/mol. The van der Waals surface area contributed by atoms with Gasteiger partial charge in [0, 0.05) is 14.1 Å². The largest absolute Gasteiger partial charge is 0.616 e. The molecule has 0 aromatic carbocycles. The molecular formula is C10H19N3O5S2. The van der Waals surface area contributed by atoms with Gasteiger partial charge in [0.1, 0.15) is 0 Å². The SMILES string of the molecule is COC(=O)N(C)SN(C)C(=O)ON=CC(C)(C)[S+](C)[O-]. The van der Waals surface area contributed by atoms with Crippen molar-refractivity contribution in [2.24, 2.45) is 5.16 Å². The number of ether oxygens (including phenoxy) is 1. The van der Waals surface area contributed by atoms with Gasteiger partial charge in [-0.05, 0) is 25.0 Å². The van der Waals surface area contributed by atoms with Gasteiger partial charge < -0.3 is 9.29 Å². The quantitative estimate of drug-likeness (QED) is 0.250. The fourth-order valence-corrected chi connectivity index (χ4v) is 1.51. The fourth-order valence-electron chi connectivity index (χ4n) is 0.709. The standard InChI is InChI=1S/C10H19N3O5S2/c1-10(2,20(6)16)7-11-18-9(15)13(4)19-12(3)8(14)17-5/h7H,1-6H3. The maximum atomic E-state index is 11.6. The minimum atomic E-state index is -1.15. The summed E-state index contributed by atoms with van der Waals surface area (Å²) in [5, 5.41) is 3.50. The van der Waals surface area contributed by atoms with E-state index in [4.69, 9.17) is 0 Å². The van der Waals surface area contributed by atoms with E-state index < -0.39 is 28.1 Å². The van der Waals surface area contributed by atoms with E-state index >= 15 is 0 Å². The summed E-state index contributed by atoms with van der Waals surface area (Å²) in [6.45, 7) is 3.40. The van der Waals surface area contributed by atoms with E-state index in [1.807, 2.05) is 0 Å². The fraction of sp³-hybridized carbons (Fsp3) is 0.700. The van der Waals surface area contributed by atoms with Crippen LogP contribution in [0.4, 0.5) is 9.59 Å². The van der Waals surface area contributed by atoms with Crippen molar-refractivity contribution in [3.63, 3.8) is 0 Å². The number of methoxy groups -OCH3 is 1. The minimum absolute atomic E-state index is 0.610. The van der Waals surface area contributed by atoms with E-state index in [9.17, 15) is 14.1 Å². The number of oxime groups is 1. The Morgan fingerprint density at radius 1 is 1.30 bits per heavy atom. The molecule has 8 nitrogen and oxygen atoms in total. The smallest absolute Gasteiger partial charge is 0.447 e. The van der Waals surface area contributed by atoms with Gasteiger partial charge in [-0.1, -0.05) is 5.16 Å². The Labute approximate surface area is 125 Å². The van der Waals surface area contributed by atoms with Crippen LogP contribution in [0, 0.1) is 0 Å². The van der Waals surface area contributed by atoms with E-state index in [0.29, 0.717) is 0 Å². The maximum Gasteiger partial charge on any atom is 0.447 e. The van der Waals surface area contributed by atoms with Crippen molar-refractivity contribution in [3.05, 3.63) is 0 Å². The zero-order valence-corrected chi connectivity index (χ0v) is 13.9. The van der Waals surface area contributed by atoms with Crippen LogP contribution in [0.25, 0.3) is 0 Å². The van der Waals surface area contributed by atoms with E-state index in [1.165, 1.54) is 33.7 Å². The topological polar surface area (TPSA) is 94.5 Å². The van der Waals surface area contributed by atoms with Crippen molar-refractivity contribution >= 4 is 41.7 Å². The lowest BCUT2D eigenvalue weighted by atomic mass is 10.2. The van der Waals surface area contributed by atoms with Gasteiger partial charge >= 0.3 is 12.2 Å². The summed E-state index contributed by atoms with van der Waals surface area (Å²) in [7, 11) is 4.08. The molecular weight excluding hydrogens is 306 g/mol. The molecule has 0 aliphatic rings. The van der Waals surface area contributed by atoms with Gasteiger partial charge in [-0.25, -0.2) is 18.2 Å². The van der Waals surface area contributed by atoms with Crippen LogP contribution in [0.5, 0.6) is 0 Å². The predicted octanol–water partition coefficient (Wildman–Crippen LogP) is 1.46. The molecule has 0 rings (SSSR count). The van der Waals surface area contributed by atoms with E-state index in [0.717, 1.165) is 20.7 Å².